The number of rotatable bonds is 3. The molecule has 3 aromatic rings. The molecule has 21 heavy (non-hydrogen) atoms. The van der Waals surface area contributed by atoms with Crippen LogP contribution in [0.15, 0.2) is 72.9 Å². The minimum absolute atomic E-state index is 0.698. The van der Waals surface area contributed by atoms with Crippen molar-refractivity contribution in [1.82, 2.24) is 3.97 Å². The van der Waals surface area contributed by atoms with E-state index in [1.807, 2.05) is 66.7 Å². The molecule has 0 aliphatic rings. The van der Waals surface area contributed by atoms with Crippen LogP contribution >= 0.6 is 0 Å². The van der Waals surface area contributed by atoms with Crippen LogP contribution in [0.1, 0.15) is 0 Å². The molecular formula is C17H15NO2S. The monoisotopic (exact) mass is 297 g/mol. The summed E-state index contributed by atoms with van der Waals surface area (Å²) >= 11 is 0. The quantitative estimate of drug-likeness (QED) is 0.740. The van der Waals surface area contributed by atoms with Crippen LogP contribution in [0.5, 0.6) is 0 Å². The van der Waals surface area contributed by atoms with Gasteiger partial charge in [0.25, 0.3) is 0 Å². The van der Waals surface area contributed by atoms with Gasteiger partial charge in [-0.3, -0.25) is 0 Å². The Morgan fingerprint density at radius 1 is 0.762 bits per heavy atom. The smallest absolute Gasteiger partial charge is 0.236 e. The van der Waals surface area contributed by atoms with Crippen molar-refractivity contribution < 1.29 is 8.42 Å². The van der Waals surface area contributed by atoms with Gasteiger partial charge in [-0.2, -0.15) is 0 Å². The van der Waals surface area contributed by atoms with Crippen molar-refractivity contribution in [1.29, 1.82) is 0 Å². The van der Waals surface area contributed by atoms with E-state index in [-0.39, 0.29) is 0 Å². The van der Waals surface area contributed by atoms with Gasteiger partial charge in [-0.1, -0.05) is 60.7 Å². The Kier molecular flexibility index (Phi) is 3.39. The molecule has 0 unspecified atom stereocenters. The van der Waals surface area contributed by atoms with Crippen molar-refractivity contribution >= 4 is 10.0 Å². The van der Waals surface area contributed by atoms with Gasteiger partial charge in [-0.05, 0) is 17.2 Å². The maximum absolute atomic E-state index is 12.0. The molecule has 0 aliphatic heterocycles. The summed E-state index contributed by atoms with van der Waals surface area (Å²) < 4.78 is 25.4. The first-order valence-corrected chi connectivity index (χ1v) is 8.45. The van der Waals surface area contributed by atoms with Gasteiger partial charge >= 0.3 is 0 Å². The highest BCUT2D eigenvalue weighted by Gasteiger charge is 2.18. The SMILES string of the molecule is CS(=O)(=O)n1ccc(-c2ccccc2)c1-c1ccccc1. The van der Waals surface area contributed by atoms with Crippen LogP contribution in [0.25, 0.3) is 22.4 Å². The van der Waals surface area contributed by atoms with Crippen LogP contribution in [-0.4, -0.2) is 18.6 Å². The van der Waals surface area contributed by atoms with E-state index in [0.717, 1.165) is 16.7 Å². The Morgan fingerprint density at radius 2 is 1.29 bits per heavy atom. The number of hydrogen-bond acceptors (Lipinski definition) is 2. The molecular weight excluding hydrogens is 282 g/mol. The van der Waals surface area contributed by atoms with Crippen molar-refractivity contribution in [3.8, 4) is 22.4 Å². The van der Waals surface area contributed by atoms with Gasteiger partial charge in [-0.25, -0.2) is 12.4 Å². The molecule has 3 rings (SSSR count). The molecule has 106 valence electrons. The third kappa shape index (κ3) is 2.62. The summed E-state index contributed by atoms with van der Waals surface area (Å²) in [6.45, 7) is 0. The number of nitrogens with zero attached hydrogens (tertiary/aromatic N) is 1. The minimum atomic E-state index is -3.35. The summed E-state index contributed by atoms with van der Waals surface area (Å²) in [5, 5.41) is 0. The Balaban J connectivity index is 2.31. The number of benzene rings is 2. The molecule has 1 aromatic heterocycles. The Bertz CT molecular complexity index is 850. The normalized spacial score (nSPS) is 11.5. The zero-order valence-electron chi connectivity index (χ0n) is 11.6. The molecule has 0 aliphatic carbocycles. The largest absolute Gasteiger partial charge is 0.245 e. The summed E-state index contributed by atoms with van der Waals surface area (Å²) in [6, 6.07) is 21.2. The first-order chi connectivity index (χ1) is 10.1. The average molecular weight is 297 g/mol. The lowest BCUT2D eigenvalue weighted by atomic mass is 10.0. The second-order valence-corrected chi connectivity index (χ2v) is 6.73. The predicted molar refractivity (Wildman–Crippen MR) is 85.5 cm³/mol. The summed E-state index contributed by atoms with van der Waals surface area (Å²) in [5.41, 5.74) is 3.49. The molecule has 0 amide bonds. The van der Waals surface area contributed by atoms with Gasteiger partial charge in [0.1, 0.15) is 0 Å². The van der Waals surface area contributed by atoms with Crippen LogP contribution in [0.3, 0.4) is 0 Å². The lowest BCUT2D eigenvalue weighted by molar-refractivity contribution is 0.594. The predicted octanol–water partition coefficient (Wildman–Crippen LogP) is 3.63. The van der Waals surface area contributed by atoms with E-state index >= 15 is 0 Å². The molecule has 3 nitrogen and oxygen atoms in total. The summed E-state index contributed by atoms with van der Waals surface area (Å²) in [5.74, 6) is 0. The molecule has 2 aromatic carbocycles. The maximum atomic E-state index is 12.0. The van der Waals surface area contributed by atoms with Crippen LogP contribution in [-0.2, 0) is 10.0 Å². The number of aromatic nitrogens is 1. The van der Waals surface area contributed by atoms with Gasteiger partial charge in [0.15, 0.2) is 0 Å². The lowest BCUT2D eigenvalue weighted by Crippen LogP contribution is -2.10. The Labute approximate surface area is 124 Å². The zero-order valence-corrected chi connectivity index (χ0v) is 12.4. The fourth-order valence-corrected chi connectivity index (χ4v) is 3.24. The highest BCUT2D eigenvalue weighted by atomic mass is 32.2. The topological polar surface area (TPSA) is 39.1 Å². The molecule has 4 heteroatoms. The molecule has 1 heterocycles. The van der Waals surface area contributed by atoms with E-state index in [0.29, 0.717) is 5.69 Å². The van der Waals surface area contributed by atoms with Gasteiger partial charge in [0.2, 0.25) is 10.0 Å². The zero-order chi connectivity index (χ0) is 14.9. The third-order valence-corrected chi connectivity index (χ3v) is 4.36. The molecule has 0 fully saturated rings. The average Bonchev–Trinajstić information content (AvgIpc) is 2.94. The second kappa shape index (κ2) is 5.22. The van der Waals surface area contributed by atoms with Gasteiger partial charge in [0, 0.05) is 11.8 Å². The van der Waals surface area contributed by atoms with Gasteiger partial charge in [0.05, 0.1) is 11.9 Å². The molecule has 0 spiro atoms. The second-order valence-electron chi connectivity index (χ2n) is 4.87. The highest BCUT2D eigenvalue weighted by molar-refractivity contribution is 7.89. The van der Waals surface area contributed by atoms with E-state index in [1.165, 1.54) is 10.2 Å². The third-order valence-electron chi connectivity index (χ3n) is 3.34. The lowest BCUT2D eigenvalue weighted by Gasteiger charge is -2.10. The Morgan fingerprint density at radius 3 is 1.81 bits per heavy atom. The molecule has 0 atom stereocenters. The molecule has 0 bridgehead atoms. The van der Waals surface area contributed by atoms with Crippen LogP contribution in [0, 0.1) is 0 Å². The van der Waals surface area contributed by atoms with Gasteiger partial charge in [-0.15, -0.1) is 0 Å². The van der Waals surface area contributed by atoms with E-state index in [2.05, 4.69) is 0 Å². The van der Waals surface area contributed by atoms with Crippen molar-refractivity contribution in [3.05, 3.63) is 72.9 Å². The van der Waals surface area contributed by atoms with E-state index < -0.39 is 10.0 Å². The Hall–Kier alpha value is -2.33. The summed E-state index contributed by atoms with van der Waals surface area (Å²) in [6.07, 6.45) is 2.83. The van der Waals surface area contributed by atoms with E-state index in [9.17, 15) is 8.42 Å². The van der Waals surface area contributed by atoms with Crippen molar-refractivity contribution in [2.75, 3.05) is 6.26 Å². The first kappa shape index (κ1) is 13.6. The maximum Gasteiger partial charge on any atom is 0.236 e. The summed E-state index contributed by atoms with van der Waals surface area (Å²) in [4.78, 5) is 0. The van der Waals surface area contributed by atoms with Crippen LogP contribution < -0.4 is 0 Å². The van der Waals surface area contributed by atoms with Crippen LogP contribution in [0.2, 0.25) is 0 Å². The van der Waals surface area contributed by atoms with Crippen molar-refractivity contribution in [2.45, 2.75) is 0 Å². The number of hydrogen-bond donors (Lipinski definition) is 0. The molecule has 0 saturated heterocycles. The minimum Gasteiger partial charge on any atom is -0.245 e. The van der Waals surface area contributed by atoms with E-state index in [1.54, 1.807) is 6.20 Å². The standard InChI is InChI=1S/C17H15NO2S/c1-21(19,20)18-13-12-16(14-8-4-2-5-9-14)17(18)15-10-6-3-7-11-15/h2-13H,1H3. The van der Waals surface area contributed by atoms with E-state index in [4.69, 9.17) is 0 Å². The van der Waals surface area contributed by atoms with Crippen LogP contribution in [0.4, 0.5) is 0 Å². The van der Waals surface area contributed by atoms with Crippen molar-refractivity contribution in [2.24, 2.45) is 0 Å². The summed E-state index contributed by atoms with van der Waals surface area (Å²) in [7, 11) is -3.35. The molecule has 0 radical (unpaired) electrons. The molecule has 0 saturated carbocycles. The van der Waals surface area contributed by atoms with Crippen molar-refractivity contribution in [3.63, 3.8) is 0 Å². The fourth-order valence-electron chi connectivity index (χ4n) is 2.42. The highest BCUT2D eigenvalue weighted by Crippen LogP contribution is 2.33. The molecule has 0 N–H and O–H groups in total. The first-order valence-electron chi connectivity index (χ1n) is 6.60. The van der Waals surface area contributed by atoms with Gasteiger partial charge < -0.3 is 0 Å². The fraction of sp³-hybridized carbons (Fsp3) is 0.0588.